The molecule has 2 aromatic carbocycles. The molecule has 0 saturated carbocycles. The molecule has 2 nitrogen and oxygen atoms in total. The minimum Gasteiger partial charge on any atom is -0.308 e. The van der Waals surface area contributed by atoms with Crippen LogP contribution in [0.4, 0.5) is 10.1 Å². The zero-order valence-corrected chi connectivity index (χ0v) is 14.8. The van der Waals surface area contributed by atoms with Gasteiger partial charge in [0.25, 0.3) is 0 Å². The van der Waals surface area contributed by atoms with Gasteiger partial charge in [-0.2, -0.15) is 0 Å². The number of hydrogen-bond acceptors (Lipinski definition) is 1. The topological polar surface area (TPSA) is 20.3 Å². The lowest BCUT2D eigenvalue weighted by atomic mass is 10.0. The van der Waals surface area contributed by atoms with E-state index in [-0.39, 0.29) is 11.7 Å². The highest BCUT2D eigenvalue weighted by molar-refractivity contribution is 14.1. The molecule has 1 aliphatic heterocycles. The molecule has 21 heavy (non-hydrogen) atoms. The third-order valence-electron chi connectivity index (χ3n) is 3.60. The van der Waals surface area contributed by atoms with E-state index in [2.05, 4.69) is 44.6 Å². The molecule has 0 N–H and O–H groups in total. The molecular weight excluding hydrogens is 448 g/mol. The van der Waals surface area contributed by atoms with E-state index < -0.39 is 0 Å². The van der Waals surface area contributed by atoms with Crippen LogP contribution in [0.15, 0.2) is 40.9 Å². The van der Waals surface area contributed by atoms with E-state index in [4.69, 9.17) is 0 Å². The maximum Gasteiger partial charge on any atom is 0.227 e. The van der Waals surface area contributed by atoms with E-state index in [1.54, 1.807) is 11.0 Å². The van der Waals surface area contributed by atoms with E-state index in [9.17, 15) is 9.18 Å². The average molecular weight is 460 g/mol. The van der Waals surface area contributed by atoms with E-state index in [0.717, 1.165) is 21.2 Å². The number of rotatable bonds is 2. The molecule has 108 valence electrons. The van der Waals surface area contributed by atoms with Crippen molar-refractivity contribution >= 4 is 50.1 Å². The van der Waals surface area contributed by atoms with Crippen molar-refractivity contribution in [3.05, 3.63) is 61.4 Å². The Hall–Kier alpha value is -0.950. The normalized spacial score (nSPS) is 14.2. The number of anilines is 1. The lowest BCUT2D eigenvalue weighted by Crippen LogP contribution is -2.34. The number of carbonyl (C=O) groups excluding carboxylic acids is 1. The van der Waals surface area contributed by atoms with E-state index >= 15 is 0 Å². The van der Waals surface area contributed by atoms with Crippen LogP contribution in [0.3, 0.4) is 0 Å². The summed E-state index contributed by atoms with van der Waals surface area (Å²) in [6.07, 6.45) is 1.27. The van der Waals surface area contributed by atoms with Crippen molar-refractivity contribution in [2.24, 2.45) is 0 Å². The molecular formula is C16H12BrFINO. The smallest absolute Gasteiger partial charge is 0.227 e. The molecule has 0 radical (unpaired) electrons. The second-order valence-corrected chi connectivity index (χ2v) is 7.00. The van der Waals surface area contributed by atoms with Crippen molar-refractivity contribution in [2.45, 2.75) is 19.4 Å². The molecule has 0 aromatic heterocycles. The fourth-order valence-electron chi connectivity index (χ4n) is 2.54. The largest absolute Gasteiger partial charge is 0.308 e. The van der Waals surface area contributed by atoms with Gasteiger partial charge < -0.3 is 4.90 Å². The molecule has 0 saturated heterocycles. The molecule has 0 spiro atoms. The van der Waals surface area contributed by atoms with Crippen LogP contribution >= 0.6 is 38.5 Å². The molecule has 1 aliphatic rings. The zero-order chi connectivity index (χ0) is 15.0. The zero-order valence-electron chi connectivity index (χ0n) is 11.1. The summed E-state index contributed by atoms with van der Waals surface area (Å²) in [4.78, 5) is 14.0. The van der Waals surface area contributed by atoms with E-state index in [0.29, 0.717) is 17.4 Å². The first-order valence-corrected chi connectivity index (χ1v) is 8.45. The molecule has 1 amide bonds. The summed E-state index contributed by atoms with van der Waals surface area (Å²) in [6.45, 7) is 0.380. The van der Waals surface area contributed by atoms with Gasteiger partial charge >= 0.3 is 0 Å². The van der Waals surface area contributed by atoms with E-state index in [1.807, 2.05) is 18.2 Å². The third kappa shape index (κ3) is 2.99. The predicted molar refractivity (Wildman–Crippen MR) is 92.8 cm³/mol. The fraction of sp³-hybridized carbons (Fsp3) is 0.188. The number of carbonyl (C=O) groups is 1. The van der Waals surface area contributed by atoms with Crippen LogP contribution in [0.1, 0.15) is 17.5 Å². The van der Waals surface area contributed by atoms with Gasteiger partial charge in [-0.05, 0) is 80.3 Å². The van der Waals surface area contributed by atoms with Gasteiger partial charge in [-0.3, -0.25) is 4.79 Å². The number of halogens is 3. The number of nitrogens with zero attached hydrogens (tertiary/aromatic N) is 1. The summed E-state index contributed by atoms with van der Waals surface area (Å²) in [5, 5.41) is 0. The summed E-state index contributed by atoms with van der Waals surface area (Å²) in [6, 6.07) is 11.0. The monoisotopic (exact) mass is 459 g/mol. The molecule has 3 rings (SSSR count). The first kappa shape index (κ1) is 15.0. The van der Waals surface area contributed by atoms with Gasteiger partial charge in [0, 0.05) is 15.7 Å². The highest BCUT2D eigenvalue weighted by Crippen LogP contribution is 2.32. The Bertz CT molecular complexity index is 719. The standard InChI is InChI=1S/C16H12BrFINO/c17-16-11(2-1-3-13(16)18)9-20-14-6-5-12(19)8-10(14)4-7-15(20)21/h1-3,5-6,8H,4,7,9H2. The van der Waals surface area contributed by atoms with Crippen LogP contribution in [0, 0.1) is 9.39 Å². The summed E-state index contributed by atoms with van der Waals surface area (Å²) in [7, 11) is 0. The van der Waals surface area contributed by atoms with Crippen LogP contribution in [0.25, 0.3) is 0 Å². The minimum atomic E-state index is -0.306. The van der Waals surface area contributed by atoms with Crippen molar-refractivity contribution in [2.75, 3.05) is 4.90 Å². The Kier molecular flexibility index (Phi) is 4.31. The highest BCUT2D eigenvalue weighted by Gasteiger charge is 2.25. The van der Waals surface area contributed by atoms with Crippen LogP contribution in [-0.4, -0.2) is 5.91 Å². The first-order valence-electron chi connectivity index (χ1n) is 6.58. The van der Waals surface area contributed by atoms with Gasteiger partial charge in [-0.25, -0.2) is 4.39 Å². The molecule has 0 atom stereocenters. The second-order valence-electron chi connectivity index (χ2n) is 4.97. The van der Waals surface area contributed by atoms with Gasteiger partial charge in [0.1, 0.15) is 5.82 Å². The number of hydrogen-bond donors (Lipinski definition) is 0. The number of fused-ring (bicyclic) bond motifs is 1. The molecule has 0 bridgehead atoms. The second kappa shape index (κ2) is 6.04. The van der Waals surface area contributed by atoms with Crippen molar-refractivity contribution in [3.8, 4) is 0 Å². The summed E-state index contributed by atoms with van der Waals surface area (Å²) >= 11 is 5.54. The molecule has 0 unspecified atom stereocenters. The quantitative estimate of drug-likeness (QED) is 0.597. The Morgan fingerprint density at radius 3 is 2.86 bits per heavy atom. The summed E-state index contributed by atoms with van der Waals surface area (Å²) < 4.78 is 15.2. The number of aryl methyl sites for hydroxylation is 1. The Morgan fingerprint density at radius 1 is 1.24 bits per heavy atom. The maximum absolute atomic E-state index is 13.6. The van der Waals surface area contributed by atoms with Crippen LogP contribution < -0.4 is 4.90 Å². The average Bonchev–Trinajstić information content (AvgIpc) is 2.46. The molecule has 1 heterocycles. The number of amides is 1. The fourth-order valence-corrected chi connectivity index (χ4v) is 3.49. The number of benzene rings is 2. The first-order chi connectivity index (χ1) is 10.1. The molecule has 0 aliphatic carbocycles. The van der Waals surface area contributed by atoms with Crippen molar-refractivity contribution in [3.63, 3.8) is 0 Å². The van der Waals surface area contributed by atoms with Crippen LogP contribution in [-0.2, 0) is 17.8 Å². The predicted octanol–water partition coefficient (Wildman–Crippen LogP) is 4.67. The molecule has 2 aromatic rings. The minimum absolute atomic E-state index is 0.0832. The lowest BCUT2D eigenvalue weighted by molar-refractivity contribution is -0.119. The summed E-state index contributed by atoms with van der Waals surface area (Å²) in [5.74, 6) is -0.223. The van der Waals surface area contributed by atoms with Gasteiger partial charge in [0.05, 0.1) is 11.0 Å². The van der Waals surface area contributed by atoms with Crippen LogP contribution in [0.5, 0.6) is 0 Å². The Balaban J connectivity index is 1.99. The lowest BCUT2D eigenvalue weighted by Gasteiger charge is -2.30. The third-order valence-corrected chi connectivity index (χ3v) is 5.16. The van der Waals surface area contributed by atoms with Gasteiger partial charge in [0.15, 0.2) is 0 Å². The van der Waals surface area contributed by atoms with Crippen molar-refractivity contribution < 1.29 is 9.18 Å². The highest BCUT2D eigenvalue weighted by atomic mass is 127. The van der Waals surface area contributed by atoms with Crippen LogP contribution in [0.2, 0.25) is 0 Å². The van der Waals surface area contributed by atoms with Gasteiger partial charge in [0.2, 0.25) is 5.91 Å². The summed E-state index contributed by atoms with van der Waals surface area (Å²) in [5.41, 5.74) is 2.88. The van der Waals surface area contributed by atoms with Crippen molar-refractivity contribution in [1.29, 1.82) is 0 Å². The SMILES string of the molecule is O=C1CCc2cc(I)ccc2N1Cc1cccc(F)c1Br. The van der Waals surface area contributed by atoms with E-state index in [1.165, 1.54) is 11.6 Å². The Labute approximate surface area is 144 Å². The Morgan fingerprint density at radius 2 is 2.05 bits per heavy atom. The van der Waals surface area contributed by atoms with Gasteiger partial charge in [-0.1, -0.05) is 12.1 Å². The molecule has 5 heteroatoms. The van der Waals surface area contributed by atoms with Crippen molar-refractivity contribution in [1.82, 2.24) is 0 Å². The molecule has 0 fully saturated rings. The van der Waals surface area contributed by atoms with Gasteiger partial charge in [-0.15, -0.1) is 0 Å². The maximum atomic E-state index is 13.6.